The highest BCUT2D eigenvalue weighted by Gasteiger charge is 2.11. The van der Waals surface area contributed by atoms with Crippen LogP contribution in [0, 0.1) is 0 Å². The van der Waals surface area contributed by atoms with Crippen molar-refractivity contribution in [1.29, 1.82) is 0 Å². The van der Waals surface area contributed by atoms with Crippen molar-refractivity contribution in [3.63, 3.8) is 0 Å². The third-order valence-corrected chi connectivity index (χ3v) is 2.55. The summed E-state index contributed by atoms with van der Waals surface area (Å²) < 4.78 is 5.02. The molecule has 1 rings (SSSR count). The molecule has 98 valence electrons. The van der Waals surface area contributed by atoms with Crippen LogP contribution in [-0.2, 0) is 0 Å². The quantitative estimate of drug-likeness (QED) is 0.575. The third kappa shape index (κ3) is 4.67. The van der Waals surface area contributed by atoms with E-state index in [1.165, 1.54) is 7.11 Å². The Hall–Kier alpha value is -1.69. The number of carbonyl (C=O) groups excluding carboxylic acids is 1. The molecule has 0 aliphatic carbocycles. The Labute approximate surface area is 112 Å². The zero-order valence-corrected chi connectivity index (χ0v) is 11.1. The molecule has 1 aromatic rings. The van der Waals surface area contributed by atoms with Gasteiger partial charge in [-0.25, -0.2) is 4.98 Å². The van der Waals surface area contributed by atoms with Gasteiger partial charge in [-0.3, -0.25) is 4.79 Å². The Morgan fingerprint density at radius 3 is 3.00 bits per heavy atom. The summed E-state index contributed by atoms with van der Waals surface area (Å²) in [7, 11) is 1.49. The van der Waals surface area contributed by atoms with E-state index in [1.54, 1.807) is 18.3 Å². The lowest BCUT2D eigenvalue weighted by molar-refractivity contribution is 0.0949. The lowest BCUT2D eigenvalue weighted by Gasteiger charge is -2.07. The molecule has 0 saturated heterocycles. The van der Waals surface area contributed by atoms with E-state index in [0.29, 0.717) is 29.4 Å². The standard InChI is InChI=1S/C12H17N3O2S/c1-17-12-9(5-4-8-15-12)11(16)14-7-3-2-6-10(13)18/h4-5,8H,2-3,6-7H2,1H3,(H2,13,18)(H,14,16). The fourth-order valence-electron chi connectivity index (χ4n) is 1.45. The topological polar surface area (TPSA) is 77.2 Å². The predicted octanol–water partition coefficient (Wildman–Crippen LogP) is 1.28. The smallest absolute Gasteiger partial charge is 0.256 e. The van der Waals surface area contributed by atoms with Crippen molar-refractivity contribution in [2.24, 2.45) is 5.73 Å². The molecule has 1 heterocycles. The van der Waals surface area contributed by atoms with Crippen LogP contribution in [0.2, 0.25) is 0 Å². The Kier molecular flexibility index (Phi) is 6.07. The molecule has 0 atom stereocenters. The summed E-state index contributed by atoms with van der Waals surface area (Å²) in [6, 6.07) is 3.38. The summed E-state index contributed by atoms with van der Waals surface area (Å²) >= 11 is 4.77. The van der Waals surface area contributed by atoms with Crippen molar-refractivity contribution >= 4 is 23.1 Å². The monoisotopic (exact) mass is 267 g/mol. The molecule has 18 heavy (non-hydrogen) atoms. The molecule has 1 aromatic heterocycles. The summed E-state index contributed by atoms with van der Waals surface area (Å²) in [6.07, 6.45) is 4.00. The van der Waals surface area contributed by atoms with Crippen molar-refractivity contribution in [2.45, 2.75) is 19.3 Å². The minimum absolute atomic E-state index is 0.185. The number of pyridine rings is 1. The van der Waals surface area contributed by atoms with Crippen molar-refractivity contribution in [3.8, 4) is 5.88 Å². The summed E-state index contributed by atoms with van der Waals surface area (Å²) in [6.45, 7) is 0.583. The highest BCUT2D eigenvalue weighted by molar-refractivity contribution is 7.80. The number of hydrogen-bond donors (Lipinski definition) is 2. The van der Waals surface area contributed by atoms with Gasteiger partial charge in [0.2, 0.25) is 5.88 Å². The molecule has 0 spiro atoms. The molecule has 0 aliphatic rings. The molecule has 0 aliphatic heterocycles. The fraction of sp³-hybridized carbons (Fsp3) is 0.417. The van der Waals surface area contributed by atoms with Crippen LogP contribution in [0.3, 0.4) is 0 Å². The van der Waals surface area contributed by atoms with E-state index in [9.17, 15) is 4.79 Å². The first-order valence-corrected chi connectivity index (χ1v) is 6.11. The molecule has 0 aromatic carbocycles. The van der Waals surface area contributed by atoms with E-state index in [2.05, 4.69) is 10.3 Å². The molecule has 0 unspecified atom stereocenters. The van der Waals surface area contributed by atoms with Crippen LogP contribution in [0.15, 0.2) is 18.3 Å². The largest absolute Gasteiger partial charge is 0.480 e. The number of carbonyl (C=O) groups is 1. The first-order valence-electron chi connectivity index (χ1n) is 5.70. The Balaban J connectivity index is 2.38. The van der Waals surface area contributed by atoms with E-state index in [1.807, 2.05) is 0 Å². The number of unbranched alkanes of at least 4 members (excludes halogenated alkanes) is 1. The second-order valence-electron chi connectivity index (χ2n) is 3.74. The maximum atomic E-state index is 11.8. The van der Waals surface area contributed by atoms with E-state index in [0.717, 1.165) is 12.8 Å². The van der Waals surface area contributed by atoms with Crippen molar-refractivity contribution in [3.05, 3.63) is 23.9 Å². The van der Waals surface area contributed by atoms with Gasteiger partial charge in [0.05, 0.1) is 12.1 Å². The number of methoxy groups -OCH3 is 1. The molecule has 5 nitrogen and oxygen atoms in total. The number of ether oxygens (including phenoxy) is 1. The SMILES string of the molecule is COc1ncccc1C(=O)NCCCCC(N)=S. The maximum Gasteiger partial charge on any atom is 0.256 e. The van der Waals surface area contributed by atoms with Crippen molar-refractivity contribution in [2.75, 3.05) is 13.7 Å². The zero-order chi connectivity index (χ0) is 13.4. The first kappa shape index (κ1) is 14.4. The molecular weight excluding hydrogens is 250 g/mol. The van der Waals surface area contributed by atoms with Gasteiger partial charge in [0.1, 0.15) is 5.56 Å². The van der Waals surface area contributed by atoms with Crippen LogP contribution in [-0.4, -0.2) is 29.5 Å². The molecule has 6 heteroatoms. The van der Waals surface area contributed by atoms with Gasteiger partial charge in [0.15, 0.2) is 0 Å². The number of amides is 1. The molecule has 0 radical (unpaired) electrons. The minimum Gasteiger partial charge on any atom is -0.480 e. The van der Waals surface area contributed by atoms with Gasteiger partial charge in [0, 0.05) is 12.7 Å². The van der Waals surface area contributed by atoms with Gasteiger partial charge in [-0.2, -0.15) is 0 Å². The molecule has 3 N–H and O–H groups in total. The second-order valence-corrected chi connectivity index (χ2v) is 4.26. The van der Waals surface area contributed by atoms with Crippen molar-refractivity contribution < 1.29 is 9.53 Å². The third-order valence-electron chi connectivity index (χ3n) is 2.34. The van der Waals surface area contributed by atoms with E-state index in [4.69, 9.17) is 22.7 Å². The van der Waals surface area contributed by atoms with Crippen LogP contribution in [0.5, 0.6) is 5.88 Å². The van der Waals surface area contributed by atoms with E-state index >= 15 is 0 Å². The van der Waals surface area contributed by atoms with Crippen LogP contribution in [0.25, 0.3) is 0 Å². The van der Waals surface area contributed by atoms with Gasteiger partial charge in [-0.15, -0.1) is 0 Å². The Morgan fingerprint density at radius 1 is 1.56 bits per heavy atom. The number of thiocarbonyl (C=S) groups is 1. The molecule has 0 fully saturated rings. The molecular formula is C12H17N3O2S. The average Bonchev–Trinajstić information content (AvgIpc) is 2.37. The second kappa shape index (κ2) is 7.60. The summed E-state index contributed by atoms with van der Waals surface area (Å²) in [5, 5.41) is 2.80. The van der Waals surface area contributed by atoms with Crippen molar-refractivity contribution in [1.82, 2.24) is 10.3 Å². The van der Waals surface area contributed by atoms with E-state index < -0.39 is 0 Å². The molecule has 0 saturated carbocycles. The number of hydrogen-bond acceptors (Lipinski definition) is 4. The normalized spacial score (nSPS) is 9.83. The number of rotatable bonds is 7. The first-order chi connectivity index (χ1) is 8.65. The van der Waals surface area contributed by atoms with Crippen LogP contribution in [0.4, 0.5) is 0 Å². The zero-order valence-electron chi connectivity index (χ0n) is 10.3. The van der Waals surface area contributed by atoms with E-state index in [-0.39, 0.29) is 5.91 Å². The van der Waals surface area contributed by atoms with Gasteiger partial charge < -0.3 is 15.8 Å². The fourth-order valence-corrected chi connectivity index (χ4v) is 1.59. The highest BCUT2D eigenvalue weighted by Crippen LogP contribution is 2.12. The average molecular weight is 267 g/mol. The lowest BCUT2D eigenvalue weighted by Crippen LogP contribution is -2.25. The van der Waals surface area contributed by atoms with Gasteiger partial charge in [0.25, 0.3) is 5.91 Å². The van der Waals surface area contributed by atoms with Crippen LogP contribution < -0.4 is 15.8 Å². The van der Waals surface area contributed by atoms with Gasteiger partial charge in [-0.1, -0.05) is 12.2 Å². The van der Waals surface area contributed by atoms with Crippen LogP contribution >= 0.6 is 12.2 Å². The van der Waals surface area contributed by atoms with Gasteiger partial charge >= 0.3 is 0 Å². The number of nitrogens with one attached hydrogen (secondary N) is 1. The minimum atomic E-state index is -0.185. The summed E-state index contributed by atoms with van der Waals surface area (Å²) in [4.78, 5) is 16.3. The summed E-state index contributed by atoms with van der Waals surface area (Å²) in [5.74, 6) is 0.147. The maximum absolute atomic E-state index is 11.8. The lowest BCUT2D eigenvalue weighted by atomic mass is 10.2. The molecule has 1 amide bonds. The highest BCUT2D eigenvalue weighted by atomic mass is 32.1. The number of nitrogens with two attached hydrogens (primary N) is 1. The Bertz CT molecular complexity index is 424. The number of aromatic nitrogens is 1. The van der Waals surface area contributed by atoms with Crippen LogP contribution in [0.1, 0.15) is 29.6 Å². The predicted molar refractivity (Wildman–Crippen MR) is 73.8 cm³/mol. The van der Waals surface area contributed by atoms with Gasteiger partial charge in [-0.05, 0) is 31.4 Å². The Morgan fingerprint density at radius 2 is 2.33 bits per heavy atom. The molecule has 0 bridgehead atoms. The summed E-state index contributed by atoms with van der Waals surface area (Å²) in [5.41, 5.74) is 5.82. The number of nitrogens with zero attached hydrogens (tertiary/aromatic N) is 1.